The van der Waals surface area contributed by atoms with Gasteiger partial charge in [0.05, 0.1) is 4.90 Å². The number of nitrogens with zero attached hydrogens (tertiary/aromatic N) is 2. The van der Waals surface area contributed by atoms with Crippen LogP contribution in [0.15, 0.2) is 40.7 Å². The first-order chi connectivity index (χ1) is 13.4. The average Bonchev–Trinajstić information content (AvgIpc) is 3.21. The zero-order valence-corrected chi connectivity index (χ0v) is 16.9. The predicted octanol–water partition coefficient (Wildman–Crippen LogP) is 1.98. The summed E-state index contributed by atoms with van der Waals surface area (Å²) in [5, 5.41) is 5.83. The number of hydrogen-bond acceptors (Lipinski definition) is 6. The molecule has 1 fully saturated rings. The molecular weight excluding hydrogens is 403 g/mol. The Labute approximate surface area is 168 Å². The van der Waals surface area contributed by atoms with E-state index in [9.17, 15) is 17.6 Å². The van der Waals surface area contributed by atoms with E-state index in [-0.39, 0.29) is 23.8 Å². The van der Waals surface area contributed by atoms with Gasteiger partial charge in [-0.25, -0.2) is 22.5 Å². The second-order valence-electron chi connectivity index (χ2n) is 6.68. The summed E-state index contributed by atoms with van der Waals surface area (Å²) < 4.78 is 39.7. The largest absolute Gasteiger partial charge is 0.356 e. The highest BCUT2D eigenvalue weighted by Crippen LogP contribution is 2.24. The number of rotatable bonds is 8. The second-order valence-corrected chi connectivity index (χ2v) is 9.32. The van der Waals surface area contributed by atoms with Crippen LogP contribution in [0.5, 0.6) is 0 Å². The first-order valence-corrected chi connectivity index (χ1v) is 11.5. The number of carbonyl (C=O) groups excluding carboxylic acids is 1. The molecule has 28 heavy (non-hydrogen) atoms. The maximum atomic E-state index is 13.2. The molecule has 1 aliphatic rings. The number of nitrogens with one attached hydrogen (secondary N) is 2. The van der Waals surface area contributed by atoms with Crippen molar-refractivity contribution in [3.05, 3.63) is 41.7 Å². The van der Waals surface area contributed by atoms with Crippen LogP contribution < -0.4 is 14.9 Å². The molecule has 2 N–H and O–H groups in total. The van der Waals surface area contributed by atoms with Gasteiger partial charge in [-0.3, -0.25) is 4.79 Å². The Bertz CT molecular complexity index is 890. The monoisotopic (exact) mass is 426 g/mol. The van der Waals surface area contributed by atoms with Crippen molar-refractivity contribution in [1.82, 2.24) is 15.0 Å². The number of benzene rings is 1. The average molecular weight is 427 g/mol. The molecule has 1 aromatic heterocycles. The fraction of sp³-hybridized carbons (Fsp3) is 0.444. The molecule has 1 amide bonds. The van der Waals surface area contributed by atoms with Crippen LogP contribution in [-0.2, 0) is 14.8 Å². The van der Waals surface area contributed by atoms with Gasteiger partial charge < -0.3 is 10.2 Å². The number of anilines is 1. The highest BCUT2D eigenvalue weighted by Gasteiger charge is 2.22. The molecule has 0 aliphatic carbocycles. The van der Waals surface area contributed by atoms with Gasteiger partial charge in [0.25, 0.3) is 0 Å². The van der Waals surface area contributed by atoms with Gasteiger partial charge >= 0.3 is 0 Å². The van der Waals surface area contributed by atoms with Crippen molar-refractivity contribution in [2.45, 2.75) is 24.2 Å². The highest BCUT2D eigenvalue weighted by molar-refractivity contribution is 7.89. The number of sulfonamides is 1. The van der Waals surface area contributed by atoms with Crippen LogP contribution in [0.4, 0.5) is 9.52 Å². The molecule has 1 aromatic carbocycles. The molecule has 3 rings (SSSR count). The van der Waals surface area contributed by atoms with Crippen molar-refractivity contribution in [2.75, 3.05) is 31.1 Å². The lowest BCUT2D eigenvalue weighted by Crippen LogP contribution is -2.41. The van der Waals surface area contributed by atoms with Crippen LogP contribution in [0, 0.1) is 11.7 Å². The summed E-state index contributed by atoms with van der Waals surface area (Å²) in [6.07, 6.45) is 3.90. The first-order valence-electron chi connectivity index (χ1n) is 9.10. The van der Waals surface area contributed by atoms with Crippen LogP contribution in [-0.4, -0.2) is 45.5 Å². The molecule has 10 heteroatoms. The van der Waals surface area contributed by atoms with Gasteiger partial charge in [-0.1, -0.05) is 6.07 Å². The van der Waals surface area contributed by atoms with Crippen molar-refractivity contribution < 1.29 is 17.6 Å². The third-order valence-corrected chi connectivity index (χ3v) is 6.84. The van der Waals surface area contributed by atoms with Gasteiger partial charge in [0, 0.05) is 44.2 Å². The van der Waals surface area contributed by atoms with Crippen LogP contribution in [0.1, 0.15) is 19.3 Å². The Morgan fingerprint density at radius 3 is 3.00 bits per heavy atom. The third-order valence-electron chi connectivity index (χ3n) is 4.55. The topological polar surface area (TPSA) is 91.4 Å². The fourth-order valence-corrected chi connectivity index (χ4v) is 4.88. The Morgan fingerprint density at radius 2 is 2.25 bits per heavy atom. The molecule has 152 valence electrons. The van der Waals surface area contributed by atoms with Gasteiger partial charge in [-0.05, 0) is 37.0 Å². The van der Waals surface area contributed by atoms with Crippen LogP contribution in [0.25, 0.3) is 0 Å². The van der Waals surface area contributed by atoms with Gasteiger partial charge in [0.15, 0.2) is 5.13 Å². The molecule has 0 saturated carbocycles. The van der Waals surface area contributed by atoms with E-state index in [2.05, 4.69) is 19.9 Å². The van der Waals surface area contributed by atoms with E-state index in [0.29, 0.717) is 12.5 Å². The van der Waals surface area contributed by atoms with Crippen molar-refractivity contribution >= 4 is 32.4 Å². The van der Waals surface area contributed by atoms with Gasteiger partial charge in [0.2, 0.25) is 15.9 Å². The zero-order chi connectivity index (χ0) is 20.0. The summed E-state index contributed by atoms with van der Waals surface area (Å²) in [6.45, 7) is 2.33. The normalized spacial score (nSPS) is 17.5. The molecule has 2 aromatic rings. The Balaban J connectivity index is 1.40. The lowest BCUT2D eigenvalue weighted by molar-refractivity contribution is -0.121. The van der Waals surface area contributed by atoms with E-state index >= 15 is 0 Å². The molecule has 1 unspecified atom stereocenters. The van der Waals surface area contributed by atoms with Gasteiger partial charge in [0.1, 0.15) is 5.82 Å². The predicted molar refractivity (Wildman–Crippen MR) is 106 cm³/mol. The molecular formula is C18H23FN4O3S2. The standard InChI is InChI=1S/C18H23FN4O3S2/c19-15-4-1-5-16(11-15)28(25,26)22-7-6-17(24)21-12-14-3-2-9-23(13-14)18-20-8-10-27-18/h1,4-5,8,10-11,14,22H,2-3,6-7,9,12-13H2,(H,21,24). The number of aromatic nitrogens is 1. The minimum absolute atomic E-state index is 0.0253. The van der Waals surface area contributed by atoms with E-state index in [4.69, 9.17) is 0 Å². The maximum absolute atomic E-state index is 13.2. The second kappa shape index (κ2) is 9.44. The van der Waals surface area contributed by atoms with E-state index in [0.717, 1.165) is 37.1 Å². The number of piperidine rings is 1. The first kappa shape index (κ1) is 20.7. The SMILES string of the molecule is O=C(CCNS(=O)(=O)c1cccc(F)c1)NCC1CCCN(c2nccs2)C1. The number of hydrogen-bond donors (Lipinski definition) is 2. The Hall–Kier alpha value is -2.04. The molecule has 1 aliphatic heterocycles. The van der Waals surface area contributed by atoms with Crippen molar-refractivity contribution in [3.63, 3.8) is 0 Å². The Kier molecular flexibility index (Phi) is 6.97. The minimum Gasteiger partial charge on any atom is -0.356 e. The quantitative estimate of drug-likeness (QED) is 0.674. The van der Waals surface area contributed by atoms with Crippen molar-refractivity contribution in [3.8, 4) is 0 Å². The van der Waals surface area contributed by atoms with Crippen LogP contribution in [0.3, 0.4) is 0 Å². The Morgan fingerprint density at radius 1 is 1.39 bits per heavy atom. The van der Waals surface area contributed by atoms with E-state index in [1.165, 1.54) is 18.2 Å². The smallest absolute Gasteiger partial charge is 0.240 e. The summed E-state index contributed by atoms with van der Waals surface area (Å²) >= 11 is 1.61. The summed E-state index contributed by atoms with van der Waals surface area (Å²) in [5.74, 6) is -0.501. The minimum atomic E-state index is -3.83. The van der Waals surface area contributed by atoms with Gasteiger partial charge in [-0.2, -0.15) is 0 Å². The van der Waals surface area contributed by atoms with E-state index < -0.39 is 15.8 Å². The highest BCUT2D eigenvalue weighted by atomic mass is 32.2. The molecule has 0 spiro atoms. The van der Waals surface area contributed by atoms with Crippen LogP contribution >= 0.6 is 11.3 Å². The molecule has 2 heterocycles. The summed E-state index contributed by atoms with van der Waals surface area (Å²) in [5.41, 5.74) is 0. The van der Waals surface area contributed by atoms with E-state index in [1.54, 1.807) is 17.5 Å². The number of carbonyl (C=O) groups is 1. The zero-order valence-electron chi connectivity index (χ0n) is 15.3. The number of halogens is 1. The molecule has 1 saturated heterocycles. The summed E-state index contributed by atoms with van der Waals surface area (Å²) in [4.78, 5) is 18.5. The molecule has 7 nitrogen and oxygen atoms in total. The summed E-state index contributed by atoms with van der Waals surface area (Å²) in [7, 11) is -3.83. The van der Waals surface area contributed by atoms with Gasteiger partial charge in [-0.15, -0.1) is 11.3 Å². The van der Waals surface area contributed by atoms with Crippen LogP contribution in [0.2, 0.25) is 0 Å². The third kappa shape index (κ3) is 5.73. The molecule has 0 bridgehead atoms. The fourth-order valence-electron chi connectivity index (χ4n) is 3.14. The molecule has 1 atom stereocenters. The lowest BCUT2D eigenvalue weighted by atomic mass is 9.98. The van der Waals surface area contributed by atoms with E-state index in [1.807, 2.05) is 5.38 Å². The lowest BCUT2D eigenvalue weighted by Gasteiger charge is -2.32. The summed E-state index contributed by atoms with van der Waals surface area (Å²) in [6, 6.07) is 4.76. The molecule has 0 radical (unpaired) electrons. The van der Waals surface area contributed by atoms with Crippen molar-refractivity contribution in [2.24, 2.45) is 5.92 Å². The number of amides is 1. The van der Waals surface area contributed by atoms with Crippen molar-refractivity contribution in [1.29, 1.82) is 0 Å². The maximum Gasteiger partial charge on any atom is 0.240 e. The number of thiazole rings is 1.